The molecule has 4 N–H and O–H groups in total. The molecule has 0 fully saturated rings. The third-order valence-electron chi connectivity index (χ3n) is 3.15. The summed E-state index contributed by atoms with van der Waals surface area (Å²) >= 11 is 6.19. The molecule has 19 heavy (non-hydrogen) atoms. The molecule has 3 rings (SSSR count). The first-order valence-corrected chi connectivity index (χ1v) is 7.37. The van der Waals surface area contributed by atoms with Crippen LogP contribution in [0.15, 0.2) is 12.3 Å². The third kappa shape index (κ3) is 2.07. The van der Waals surface area contributed by atoms with Gasteiger partial charge in [0.1, 0.15) is 0 Å². The summed E-state index contributed by atoms with van der Waals surface area (Å²) in [4.78, 5) is 14.2. The van der Waals surface area contributed by atoms with E-state index >= 15 is 0 Å². The van der Waals surface area contributed by atoms with E-state index in [1.165, 1.54) is 0 Å². The highest BCUT2D eigenvalue weighted by Crippen LogP contribution is 2.43. The van der Waals surface area contributed by atoms with Gasteiger partial charge in [-0.2, -0.15) is 17.7 Å². The fourth-order valence-electron chi connectivity index (χ4n) is 2.33. The molecule has 3 heterocycles. The SMILES string of the molecule is NCCc1sc(-c2ccn[nH]2)c2c1C(=O)NCC2S. The largest absolute Gasteiger partial charge is 0.351 e. The second kappa shape index (κ2) is 4.99. The van der Waals surface area contributed by atoms with Crippen molar-refractivity contribution in [3.63, 3.8) is 0 Å². The zero-order valence-electron chi connectivity index (χ0n) is 10.1. The highest BCUT2D eigenvalue weighted by Gasteiger charge is 2.31. The summed E-state index contributed by atoms with van der Waals surface area (Å²) < 4.78 is 0. The minimum atomic E-state index is -0.0224. The number of fused-ring (bicyclic) bond motifs is 1. The minimum Gasteiger partial charge on any atom is -0.351 e. The van der Waals surface area contributed by atoms with E-state index in [4.69, 9.17) is 5.73 Å². The maximum Gasteiger partial charge on any atom is 0.252 e. The number of aromatic amines is 1. The molecule has 2 aromatic rings. The fourth-order valence-corrected chi connectivity index (χ4v) is 4.11. The smallest absolute Gasteiger partial charge is 0.252 e. The summed E-state index contributed by atoms with van der Waals surface area (Å²) in [6.07, 6.45) is 2.41. The van der Waals surface area contributed by atoms with E-state index in [2.05, 4.69) is 28.1 Å². The first-order valence-electron chi connectivity index (χ1n) is 6.04. The molecule has 1 aliphatic rings. The first-order chi connectivity index (χ1) is 9.22. The van der Waals surface area contributed by atoms with Crippen LogP contribution in [0.25, 0.3) is 10.6 Å². The zero-order chi connectivity index (χ0) is 13.4. The maximum absolute atomic E-state index is 12.1. The third-order valence-corrected chi connectivity index (χ3v) is 4.89. The number of thiol groups is 1. The van der Waals surface area contributed by atoms with Gasteiger partial charge in [0.2, 0.25) is 0 Å². The second-order valence-corrected chi connectivity index (χ2v) is 6.11. The Kier molecular flexibility index (Phi) is 3.34. The lowest BCUT2D eigenvalue weighted by atomic mass is 9.98. The zero-order valence-corrected chi connectivity index (χ0v) is 11.9. The number of aromatic nitrogens is 2. The number of nitrogens with zero attached hydrogens (tertiary/aromatic N) is 1. The number of carbonyl (C=O) groups is 1. The van der Waals surface area contributed by atoms with Crippen LogP contribution in [0, 0.1) is 0 Å². The van der Waals surface area contributed by atoms with Gasteiger partial charge in [0.25, 0.3) is 5.91 Å². The Hall–Kier alpha value is -1.31. The molecule has 0 aromatic carbocycles. The molecule has 0 aliphatic carbocycles. The van der Waals surface area contributed by atoms with Gasteiger partial charge in [0, 0.05) is 22.9 Å². The van der Waals surface area contributed by atoms with Crippen molar-refractivity contribution in [3.05, 3.63) is 28.3 Å². The average molecular weight is 294 g/mol. The van der Waals surface area contributed by atoms with Crippen molar-refractivity contribution in [1.29, 1.82) is 0 Å². The normalized spacial score (nSPS) is 18.2. The molecule has 5 nitrogen and oxygen atoms in total. The lowest BCUT2D eigenvalue weighted by molar-refractivity contribution is 0.0945. The lowest BCUT2D eigenvalue weighted by Crippen LogP contribution is -2.33. The quantitative estimate of drug-likeness (QED) is 0.645. The Morgan fingerprint density at radius 2 is 2.42 bits per heavy atom. The van der Waals surface area contributed by atoms with Crippen LogP contribution in [0.3, 0.4) is 0 Å². The molecule has 0 saturated heterocycles. The molecule has 0 saturated carbocycles. The molecule has 1 amide bonds. The van der Waals surface area contributed by atoms with Gasteiger partial charge < -0.3 is 11.1 Å². The van der Waals surface area contributed by atoms with Crippen molar-refractivity contribution in [2.24, 2.45) is 5.73 Å². The number of hydrogen-bond acceptors (Lipinski definition) is 5. The van der Waals surface area contributed by atoms with Crippen LogP contribution in [0.1, 0.15) is 26.0 Å². The van der Waals surface area contributed by atoms with Crippen molar-refractivity contribution < 1.29 is 4.79 Å². The predicted molar refractivity (Wildman–Crippen MR) is 78.7 cm³/mol. The van der Waals surface area contributed by atoms with Gasteiger partial charge in [0.15, 0.2) is 0 Å². The molecule has 100 valence electrons. The number of rotatable bonds is 3. The number of nitrogens with one attached hydrogen (secondary N) is 2. The van der Waals surface area contributed by atoms with E-state index in [1.807, 2.05) is 6.07 Å². The number of amides is 1. The molecule has 1 unspecified atom stereocenters. The Morgan fingerprint density at radius 3 is 3.11 bits per heavy atom. The summed E-state index contributed by atoms with van der Waals surface area (Å²) in [5.41, 5.74) is 8.33. The van der Waals surface area contributed by atoms with Crippen molar-refractivity contribution >= 4 is 29.9 Å². The molecule has 0 bridgehead atoms. The highest BCUT2D eigenvalue weighted by atomic mass is 32.1. The van der Waals surface area contributed by atoms with E-state index in [9.17, 15) is 4.79 Å². The number of carbonyl (C=O) groups excluding carboxylic acids is 1. The first kappa shape index (κ1) is 12.7. The standard InChI is InChI=1S/C12H14N4OS2/c13-3-1-8-10-9(7(18)5-14-12(10)17)11(19-8)6-2-4-15-16-6/h2,4,7,18H,1,3,5,13H2,(H,14,17)(H,15,16). The summed E-state index contributed by atoms with van der Waals surface area (Å²) in [6, 6.07) is 1.91. The van der Waals surface area contributed by atoms with E-state index in [0.29, 0.717) is 19.5 Å². The minimum absolute atomic E-state index is 0.00812. The van der Waals surface area contributed by atoms with Crippen LogP contribution in [0.4, 0.5) is 0 Å². The van der Waals surface area contributed by atoms with Crippen molar-refractivity contribution in [2.45, 2.75) is 11.7 Å². The maximum atomic E-state index is 12.1. The van der Waals surface area contributed by atoms with Crippen molar-refractivity contribution in [3.8, 4) is 10.6 Å². The average Bonchev–Trinajstić information content (AvgIpc) is 3.01. The van der Waals surface area contributed by atoms with Crippen molar-refractivity contribution in [2.75, 3.05) is 13.1 Å². The van der Waals surface area contributed by atoms with Gasteiger partial charge in [-0.1, -0.05) is 0 Å². The van der Waals surface area contributed by atoms with Crippen molar-refractivity contribution in [1.82, 2.24) is 15.5 Å². The Balaban J connectivity index is 2.21. The molecule has 2 aromatic heterocycles. The molecule has 0 radical (unpaired) electrons. The van der Waals surface area contributed by atoms with Crippen LogP contribution in [0.5, 0.6) is 0 Å². The van der Waals surface area contributed by atoms with E-state index < -0.39 is 0 Å². The Bertz CT molecular complexity index is 606. The number of thiophene rings is 1. The topological polar surface area (TPSA) is 83.8 Å². The van der Waals surface area contributed by atoms with Gasteiger partial charge in [-0.3, -0.25) is 9.89 Å². The summed E-state index contributed by atoms with van der Waals surface area (Å²) in [5.74, 6) is -0.0224. The Morgan fingerprint density at radius 1 is 1.58 bits per heavy atom. The second-order valence-electron chi connectivity index (χ2n) is 4.38. The molecule has 1 atom stereocenters. The van der Waals surface area contributed by atoms with Gasteiger partial charge in [-0.05, 0) is 24.6 Å². The van der Waals surface area contributed by atoms with Crippen LogP contribution < -0.4 is 11.1 Å². The van der Waals surface area contributed by atoms with Gasteiger partial charge in [-0.25, -0.2) is 0 Å². The van der Waals surface area contributed by atoms with Crippen LogP contribution in [-0.2, 0) is 6.42 Å². The predicted octanol–water partition coefficient (Wildman–Crippen LogP) is 1.35. The number of nitrogens with two attached hydrogens (primary N) is 1. The lowest BCUT2D eigenvalue weighted by Gasteiger charge is -2.21. The van der Waals surface area contributed by atoms with Crippen LogP contribution in [0.2, 0.25) is 0 Å². The van der Waals surface area contributed by atoms with E-state index in [0.717, 1.165) is 26.6 Å². The molecule has 7 heteroatoms. The Labute approximate surface area is 120 Å². The number of hydrogen-bond donors (Lipinski definition) is 4. The van der Waals surface area contributed by atoms with Gasteiger partial charge in [-0.15, -0.1) is 11.3 Å². The van der Waals surface area contributed by atoms with Gasteiger partial charge in [0.05, 0.1) is 16.1 Å². The summed E-state index contributed by atoms with van der Waals surface area (Å²) in [6.45, 7) is 1.08. The molecule has 1 aliphatic heterocycles. The highest BCUT2D eigenvalue weighted by molar-refractivity contribution is 7.80. The summed E-state index contributed by atoms with van der Waals surface area (Å²) in [5, 5.41) is 9.81. The van der Waals surface area contributed by atoms with Crippen LogP contribution >= 0.6 is 24.0 Å². The van der Waals surface area contributed by atoms with Crippen LogP contribution in [-0.4, -0.2) is 29.2 Å². The number of H-pyrrole nitrogens is 1. The van der Waals surface area contributed by atoms with E-state index in [-0.39, 0.29) is 11.2 Å². The summed E-state index contributed by atoms with van der Waals surface area (Å²) in [7, 11) is 0. The molecular formula is C12H14N4OS2. The van der Waals surface area contributed by atoms with E-state index in [1.54, 1.807) is 17.5 Å². The van der Waals surface area contributed by atoms with Gasteiger partial charge >= 0.3 is 0 Å². The molecular weight excluding hydrogens is 280 g/mol. The molecule has 0 spiro atoms. The fraction of sp³-hybridized carbons (Fsp3) is 0.333. The monoisotopic (exact) mass is 294 g/mol.